The summed E-state index contributed by atoms with van der Waals surface area (Å²) in [4.78, 5) is 6.61. The van der Waals surface area contributed by atoms with Gasteiger partial charge in [0.1, 0.15) is 0 Å². The van der Waals surface area contributed by atoms with E-state index in [0.29, 0.717) is 12.4 Å². The zero-order valence-corrected chi connectivity index (χ0v) is 10.8. The van der Waals surface area contributed by atoms with Crippen LogP contribution in [0.15, 0.2) is 4.52 Å². The fourth-order valence-electron chi connectivity index (χ4n) is 2.14. The molecule has 1 fully saturated rings. The van der Waals surface area contributed by atoms with E-state index in [1.807, 2.05) is 13.8 Å². The number of likely N-dealkylation sites (tertiary alicyclic amines) is 1. The third-order valence-electron chi connectivity index (χ3n) is 3.31. The van der Waals surface area contributed by atoms with E-state index in [1.165, 1.54) is 0 Å². The van der Waals surface area contributed by atoms with Crippen molar-refractivity contribution in [2.45, 2.75) is 51.7 Å². The third-order valence-corrected chi connectivity index (χ3v) is 3.31. The molecule has 96 valence electrons. The summed E-state index contributed by atoms with van der Waals surface area (Å²) >= 11 is 0. The summed E-state index contributed by atoms with van der Waals surface area (Å²) in [6.07, 6.45) is 1.69. The van der Waals surface area contributed by atoms with Crippen molar-refractivity contribution in [1.82, 2.24) is 15.0 Å². The average molecular weight is 239 g/mol. The van der Waals surface area contributed by atoms with E-state index < -0.39 is 0 Å². The summed E-state index contributed by atoms with van der Waals surface area (Å²) in [7, 11) is 0. The van der Waals surface area contributed by atoms with Gasteiger partial charge in [-0.1, -0.05) is 19.0 Å². The quantitative estimate of drug-likeness (QED) is 0.870. The van der Waals surface area contributed by atoms with Crippen molar-refractivity contribution in [3.63, 3.8) is 0 Å². The molecule has 0 radical (unpaired) electrons. The predicted octanol–water partition coefficient (Wildman–Crippen LogP) is 1.71. The van der Waals surface area contributed by atoms with Gasteiger partial charge in [0.25, 0.3) is 0 Å². The van der Waals surface area contributed by atoms with Crippen LogP contribution in [0, 0.1) is 0 Å². The van der Waals surface area contributed by atoms with Crippen LogP contribution in [-0.4, -0.2) is 39.3 Å². The van der Waals surface area contributed by atoms with Crippen molar-refractivity contribution in [2.24, 2.45) is 0 Å². The third kappa shape index (κ3) is 2.84. The molecule has 0 aliphatic carbocycles. The predicted molar refractivity (Wildman–Crippen MR) is 63.6 cm³/mol. The van der Waals surface area contributed by atoms with Crippen LogP contribution in [0.5, 0.6) is 0 Å². The van der Waals surface area contributed by atoms with Crippen LogP contribution in [0.25, 0.3) is 0 Å². The Morgan fingerprint density at radius 3 is 2.76 bits per heavy atom. The van der Waals surface area contributed by atoms with E-state index in [9.17, 15) is 5.11 Å². The van der Waals surface area contributed by atoms with Gasteiger partial charge in [-0.05, 0) is 26.3 Å². The van der Waals surface area contributed by atoms with Crippen molar-refractivity contribution in [3.8, 4) is 0 Å². The first-order valence-corrected chi connectivity index (χ1v) is 6.33. The highest BCUT2D eigenvalue weighted by atomic mass is 16.5. The molecule has 0 bridgehead atoms. The lowest BCUT2D eigenvalue weighted by molar-refractivity contribution is 0.0422. The Kier molecular flexibility index (Phi) is 3.79. The zero-order chi connectivity index (χ0) is 12.4. The lowest BCUT2D eigenvalue weighted by Gasteiger charge is -2.32. The molecule has 5 heteroatoms. The van der Waals surface area contributed by atoms with E-state index in [-0.39, 0.29) is 18.1 Å². The van der Waals surface area contributed by atoms with Gasteiger partial charge < -0.3 is 9.63 Å². The van der Waals surface area contributed by atoms with Crippen LogP contribution in [0.4, 0.5) is 0 Å². The van der Waals surface area contributed by atoms with E-state index in [0.717, 1.165) is 25.2 Å². The van der Waals surface area contributed by atoms with Crippen LogP contribution in [0.3, 0.4) is 0 Å². The van der Waals surface area contributed by atoms with Gasteiger partial charge in [-0.25, -0.2) is 0 Å². The number of aliphatic hydroxyl groups excluding tert-OH is 1. The molecule has 0 aromatic carbocycles. The van der Waals surface area contributed by atoms with Crippen LogP contribution in [0.1, 0.15) is 57.3 Å². The highest BCUT2D eigenvalue weighted by Crippen LogP contribution is 2.24. The summed E-state index contributed by atoms with van der Waals surface area (Å²) in [5.41, 5.74) is 0. The van der Waals surface area contributed by atoms with Gasteiger partial charge in [-0.2, -0.15) is 4.98 Å². The number of nitrogens with zero attached hydrogens (tertiary/aromatic N) is 3. The first-order chi connectivity index (χ1) is 8.08. The van der Waals surface area contributed by atoms with Crippen molar-refractivity contribution >= 4 is 0 Å². The molecule has 2 heterocycles. The number of β-amino-alcohol motifs (C(OH)–C–C–N with tert-alkyl or cyclic N) is 1. The molecule has 1 aliphatic heterocycles. The average Bonchev–Trinajstić information content (AvgIpc) is 2.77. The Hall–Kier alpha value is -0.940. The first-order valence-electron chi connectivity index (χ1n) is 6.33. The monoisotopic (exact) mass is 239 g/mol. The normalized spacial score (nSPS) is 24.2. The number of hydrogen-bond acceptors (Lipinski definition) is 5. The Balaban J connectivity index is 2.04. The molecule has 5 nitrogen and oxygen atoms in total. The molecule has 0 spiro atoms. The Morgan fingerprint density at radius 2 is 2.18 bits per heavy atom. The van der Waals surface area contributed by atoms with Crippen molar-refractivity contribution in [2.75, 3.05) is 13.1 Å². The second-order valence-electron chi connectivity index (χ2n) is 5.11. The molecule has 1 saturated heterocycles. The van der Waals surface area contributed by atoms with Crippen LogP contribution in [0.2, 0.25) is 0 Å². The molecular formula is C12H21N3O2. The molecule has 1 N–H and O–H groups in total. The largest absolute Gasteiger partial charge is 0.392 e. The fraction of sp³-hybridized carbons (Fsp3) is 0.833. The minimum absolute atomic E-state index is 0.0879. The lowest BCUT2D eigenvalue weighted by Crippen LogP contribution is -2.39. The second kappa shape index (κ2) is 5.14. The van der Waals surface area contributed by atoms with E-state index in [1.54, 1.807) is 0 Å². The Morgan fingerprint density at radius 1 is 1.41 bits per heavy atom. The van der Waals surface area contributed by atoms with Gasteiger partial charge in [0.15, 0.2) is 5.82 Å². The minimum Gasteiger partial charge on any atom is -0.392 e. The van der Waals surface area contributed by atoms with Gasteiger partial charge in [0.2, 0.25) is 5.89 Å². The molecular weight excluding hydrogens is 218 g/mol. The number of hydrogen-bond donors (Lipinski definition) is 1. The highest BCUT2D eigenvalue weighted by molar-refractivity contribution is 4.96. The molecule has 0 saturated carbocycles. The number of aliphatic hydroxyl groups is 1. The second-order valence-corrected chi connectivity index (χ2v) is 5.11. The Labute approximate surface area is 102 Å². The fourth-order valence-corrected chi connectivity index (χ4v) is 2.14. The summed E-state index contributed by atoms with van der Waals surface area (Å²) in [6.45, 7) is 7.82. The molecule has 1 aromatic heterocycles. The number of rotatable bonds is 3. The maximum absolute atomic E-state index is 9.66. The van der Waals surface area contributed by atoms with Gasteiger partial charge in [-0.3, -0.25) is 4.90 Å². The standard InChI is InChI=1S/C12H21N3O2/c1-8(2)11-13-12(17-14-11)9(3)15-6-4-5-10(16)7-15/h8-10,16H,4-7H2,1-3H3/t9-,10+/m0/s1. The smallest absolute Gasteiger partial charge is 0.243 e. The molecule has 17 heavy (non-hydrogen) atoms. The summed E-state index contributed by atoms with van der Waals surface area (Å²) in [5.74, 6) is 1.69. The van der Waals surface area contributed by atoms with Gasteiger partial charge in [0, 0.05) is 12.5 Å². The first kappa shape index (κ1) is 12.5. The molecule has 1 aromatic rings. The minimum atomic E-state index is -0.223. The van der Waals surface area contributed by atoms with E-state index >= 15 is 0 Å². The summed E-state index contributed by atoms with van der Waals surface area (Å²) in [5, 5.41) is 13.6. The zero-order valence-electron chi connectivity index (χ0n) is 10.8. The highest BCUT2D eigenvalue weighted by Gasteiger charge is 2.26. The van der Waals surface area contributed by atoms with Crippen molar-refractivity contribution in [1.29, 1.82) is 0 Å². The van der Waals surface area contributed by atoms with Crippen LogP contribution < -0.4 is 0 Å². The van der Waals surface area contributed by atoms with E-state index in [4.69, 9.17) is 4.52 Å². The Bertz CT molecular complexity index is 364. The maximum atomic E-state index is 9.66. The van der Waals surface area contributed by atoms with Gasteiger partial charge >= 0.3 is 0 Å². The van der Waals surface area contributed by atoms with Crippen molar-refractivity contribution in [3.05, 3.63) is 11.7 Å². The van der Waals surface area contributed by atoms with Gasteiger partial charge in [0.05, 0.1) is 12.1 Å². The molecule has 2 atom stereocenters. The SMILES string of the molecule is CC(C)c1noc([C@H](C)N2CCC[C@@H](O)C2)n1. The number of piperidine rings is 1. The molecule has 1 aliphatic rings. The molecule has 0 amide bonds. The van der Waals surface area contributed by atoms with Crippen LogP contribution in [-0.2, 0) is 0 Å². The van der Waals surface area contributed by atoms with Gasteiger partial charge in [-0.15, -0.1) is 0 Å². The number of aromatic nitrogens is 2. The summed E-state index contributed by atoms with van der Waals surface area (Å²) in [6, 6.07) is 0.0879. The summed E-state index contributed by atoms with van der Waals surface area (Å²) < 4.78 is 5.29. The lowest BCUT2D eigenvalue weighted by atomic mass is 10.1. The van der Waals surface area contributed by atoms with Crippen molar-refractivity contribution < 1.29 is 9.63 Å². The molecule has 0 unspecified atom stereocenters. The maximum Gasteiger partial charge on any atom is 0.243 e. The van der Waals surface area contributed by atoms with E-state index in [2.05, 4.69) is 22.0 Å². The van der Waals surface area contributed by atoms with Crippen LogP contribution >= 0.6 is 0 Å². The molecule has 2 rings (SSSR count). The topological polar surface area (TPSA) is 62.4 Å².